The second kappa shape index (κ2) is 3.83. The molecule has 0 spiro atoms. The molecule has 78 valence electrons. The summed E-state index contributed by atoms with van der Waals surface area (Å²) in [4.78, 5) is 3.15. The Labute approximate surface area is 98.2 Å². The molecule has 2 aromatic rings. The summed E-state index contributed by atoms with van der Waals surface area (Å²) in [6, 6.07) is 6.16. The van der Waals surface area contributed by atoms with Crippen molar-refractivity contribution in [3.63, 3.8) is 0 Å². The van der Waals surface area contributed by atoms with Gasteiger partial charge in [0.1, 0.15) is 0 Å². The van der Waals surface area contributed by atoms with E-state index in [-0.39, 0.29) is 0 Å². The minimum absolute atomic E-state index is 0.545. The van der Waals surface area contributed by atoms with Crippen LogP contribution in [0.1, 0.15) is 5.56 Å². The lowest BCUT2D eigenvalue weighted by atomic mass is 10.2. The number of rotatable bonds is 2. The Balaban J connectivity index is 2.68. The number of halogens is 1. The van der Waals surface area contributed by atoms with Crippen LogP contribution in [0.2, 0.25) is 0 Å². The van der Waals surface area contributed by atoms with Crippen LogP contribution in [0.15, 0.2) is 29.8 Å². The first-order valence-electron chi connectivity index (χ1n) is 4.60. The molecule has 0 atom stereocenters. The Morgan fingerprint density at radius 2 is 2.33 bits per heavy atom. The Hall–Kier alpha value is -1.06. The highest BCUT2D eigenvalue weighted by Crippen LogP contribution is 2.17. The molecule has 0 aliphatic carbocycles. The second-order valence-corrected chi connectivity index (χ2v) is 4.48. The minimum Gasteiger partial charge on any atom is -0.331 e. The van der Waals surface area contributed by atoms with Crippen LogP contribution in [0.3, 0.4) is 0 Å². The van der Waals surface area contributed by atoms with Gasteiger partial charge in [-0.15, -0.1) is 0 Å². The van der Waals surface area contributed by atoms with E-state index in [0.29, 0.717) is 16.3 Å². The van der Waals surface area contributed by atoms with Crippen LogP contribution in [0.25, 0.3) is 11.0 Å². The number of aromatic nitrogens is 2. The Morgan fingerprint density at radius 3 is 3.00 bits per heavy atom. The van der Waals surface area contributed by atoms with Crippen LogP contribution in [0.5, 0.6) is 0 Å². The summed E-state index contributed by atoms with van der Waals surface area (Å²) in [6.45, 7) is 6.27. The van der Waals surface area contributed by atoms with Crippen molar-refractivity contribution in [2.75, 3.05) is 0 Å². The average molecular weight is 239 g/mol. The predicted molar refractivity (Wildman–Crippen MR) is 66.9 cm³/mol. The summed E-state index contributed by atoms with van der Waals surface area (Å²) < 4.78 is 2.62. The summed E-state index contributed by atoms with van der Waals surface area (Å²) in [7, 11) is 0. The van der Waals surface area contributed by atoms with Gasteiger partial charge < -0.3 is 9.55 Å². The van der Waals surface area contributed by atoms with Crippen LogP contribution < -0.4 is 0 Å². The molecular formula is C11H11ClN2S. The zero-order valence-electron chi connectivity index (χ0n) is 8.38. The number of hydrogen-bond acceptors (Lipinski definition) is 1. The van der Waals surface area contributed by atoms with Crippen molar-refractivity contribution in [3.05, 3.63) is 40.1 Å². The van der Waals surface area contributed by atoms with Gasteiger partial charge in [-0.1, -0.05) is 24.2 Å². The van der Waals surface area contributed by atoms with E-state index in [9.17, 15) is 0 Å². The number of nitrogens with zero attached hydrogens (tertiary/aromatic N) is 1. The molecule has 1 aromatic carbocycles. The van der Waals surface area contributed by atoms with Crippen LogP contribution in [0.4, 0.5) is 0 Å². The molecule has 1 N–H and O–H groups in total. The van der Waals surface area contributed by atoms with E-state index < -0.39 is 0 Å². The number of aromatic amines is 1. The van der Waals surface area contributed by atoms with E-state index in [1.165, 1.54) is 5.56 Å². The maximum absolute atomic E-state index is 5.80. The molecule has 0 saturated heterocycles. The van der Waals surface area contributed by atoms with Gasteiger partial charge in [-0.2, -0.15) is 0 Å². The number of benzene rings is 1. The monoisotopic (exact) mass is 238 g/mol. The smallest absolute Gasteiger partial charge is 0.178 e. The average Bonchev–Trinajstić information content (AvgIpc) is 2.41. The number of aryl methyl sites for hydroxylation is 1. The Morgan fingerprint density at radius 1 is 1.60 bits per heavy atom. The fourth-order valence-corrected chi connectivity index (χ4v) is 2.00. The van der Waals surface area contributed by atoms with Crippen LogP contribution in [-0.2, 0) is 6.54 Å². The molecule has 15 heavy (non-hydrogen) atoms. The lowest BCUT2D eigenvalue weighted by Gasteiger charge is -2.02. The van der Waals surface area contributed by atoms with Crippen molar-refractivity contribution >= 4 is 34.9 Å². The molecule has 1 heterocycles. The lowest BCUT2D eigenvalue weighted by molar-refractivity contribution is 0.825. The number of imidazole rings is 1. The predicted octanol–water partition coefficient (Wildman–Crippen LogP) is 3.76. The maximum Gasteiger partial charge on any atom is 0.178 e. The highest BCUT2D eigenvalue weighted by Gasteiger charge is 2.04. The lowest BCUT2D eigenvalue weighted by Crippen LogP contribution is -1.96. The fraction of sp³-hybridized carbons (Fsp3) is 0.182. The van der Waals surface area contributed by atoms with Crippen LogP contribution in [-0.4, -0.2) is 9.55 Å². The molecule has 0 saturated carbocycles. The molecule has 0 unspecified atom stereocenters. The summed E-state index contributed by atoms with van der Waals surface area (Å²) in [5.41, 5.74) is 3.31. The van der Waals surface area contributed by atoms with Crippen molar-refractivity contribution in [2.24, 2.45) is 0 Å². The van der Waals surface area contributed by atoms with E-state index in [2.05, 4.69) is 23.7 Å². The first-order valence-corrected chi connectivity index (χ1v) is 5.39. The summed E-state index contributed by atoms with van der Waals surface area (Å²) >= 11 is 11.0. The highest BCUT2D eigenvalue weighted by molar-refractivity contribution is 7.71. The molecule has 0 radical (unpaired) electrons. The molecule has 4 heteroatoms. The van der Waals surface area contributed by atoms with E-state index in [4.69, 9.17) is 23.8 Å². The van der Waals surface area contributed by atoms with Gasteiger partial charge >= 0.3 is 0 Å². The van der Waals surface area contributed by atoms with E-state index in [1.54, 1.807) is 0 Å². The van der Waals surface area contributed by atoms with Gasteiger partial charge in [0.25, 0.3) is 0 Å². The third-order valence-electron chi connectivity index (χ3n) is 2.26. The fourth-order valence-electron chi connectivity index (χ4n) is 1.61. The molecule has 0 amide bonds. The number of fused-ring (bicyclic) bond motifs is 1. The summed E-state index contributed by atoms with van der Waals surface area (Å²) in [6.07, 6.45) is 0. The number of H-pyrrole nitrogens is 1. The topological polar surface area (TPSA) is 20.7 Å². The van der Waals surface area contributed by atoms with Gasteiger partial charge in [0, 0.05) is 5.03 Å². The van der Waals surface area contributed by atoms with Crippen molar-refractivity contribution in [1.29, 1.82) is 0 Å². The van der Waals surface area contributed by atoms with Gasteiger partial charge in [0.15, 0.2) is 4.77 Å². The van der Waals surface area contributed by atoms with Crippen molar-refractivity contribution in [2.45, 2.75) is 13.5 Å². The molecule has 0 bridgehead atoms. The van der Waals surface area contributed by atoms with Crippen molar-refractivity contribution in [1.82, 2.24) is 9.55 Å². The zero-order chi connectivity index (χ0) is 11.0. The zero-order valence-corrected chi connectivity index (χ0v) is 9.95. The maximum atomic E-state index is 5.80. The first-order chi connectivity index (χ1) is 7.08. The van der Waals surface area contributed by atoms with Crippen molar-refractivity contribution < 1.29 is 0 Å². The molecule has 0 aliphatic heterocycles. The van der Waals surface area contributed by atoms with Gasteiger partial charge in [0.05, 0.1) is 17.6 Å². The van der Waals surface area contributed by atoms with Crippen LogP contribution in [0, 0.1) is 11.7 Å². The van der Waals surface area contributed by atoms with E-state index >= 15 is 0 Å². The number of nitrogens with one attached hydrogen (secondary N) is 1. The van der Waals surface area contributed by atoms with Gasteiger partial charge in [-0.3, -0.25) is 0 Å². The third-order valence-corrected chi connectivity index (χ3v) is 2.70. The van der Waals surface area contributed by atoms with Gasteiger partial charge in [-0.05, 0) is 36.8 Å². The third kappa shape index (κ3) is 1.98. The molecule has 2 nitrogen and oxygen atoms in total. The van der Waals surface area contributed by atoms with Crippen molar-refractivity contribution in [3.8, 4) is 0 Å². The molecular weight excluding hydrogens is 228 g/mol. The van der Waals surface area contributed by atoms with Gasteiger partial charge in [0.2, 0.25) is 0 Å². The molecule has 0 fully saturated rings. The first kappa shape index (κ1) is 10.5. The van der Waals surface area contributed by atoms with Gasteiger partial charge in [-0.25, -0.2) is 0 Å². The second-order valence-electron chi connectivity index (χ2n) is 3.55. The number of hydrogen-bond donors (Lipinski definition) is 1. The molecule has 2 rings (SSSR count). The molecule has 1 aromatic heterocycles. The summed E-state index contributed by atoms with van der Waals surface area (Å²) in [5.74, 6) is 0. The standard InChI is InChI=1S/C11H11ClN2S/c1-7-3-4-10-9(5-7)13-11(15)14(10)6-8(2)12/h3-5H,2,6H2,1H3,(H,13,15). The molecule has 0 aliphatic rings. The highest BCUT2D eigenvalue weighted by atomic mass is 35.5. The summed E-state index contributed by atoms with van der Waals surface area (Å²) in [5, 5.41) is 0.576. The minimum atomic E-state index is 0.545. The van der Waals surface area contributed by atoms with E-state index in [0.717, 1.165) is 11.0 Å². The SMILES string of the molecule is C=C(Cl)Cn1c(=S)[nH]c2cc(C)ccc21. The normalized spacial score (nSPS) is 10.8. The quantitative estimate of drug-likeness (QED) is 0.791. The largest absolute Gasteiger partial charge is 0.331 e. The Kier molecular flexibility index (Phi) is 2.67. The number of allylic oxidation sites excluding steroid dienone is 1. The van der Waals surface area contributed by atoms with Crippen LogP contribution >= 0.6 is 23.8 Å². The van der Waals surface area contributed by atoms with E-state index in [1.807, 2.05) is 17.6 Å². The Bertz CT molecular complexity index is 580.